The van der Waals surface area contributed by atoms with Crippen molar-refractivity contribution in [2.75, 3.05) is 4.72 Å². The minimum atomic E-state index is -3.92. The van der Waals surface area contributed by atoms with Gasteiger partial charge in [-0.3, -0.25) is 4.72 Å². The van der Waals surface area contributed by atoms with Crippen LogP contribution in [0, 0.1) is 6.92 Å². The molecule has 1 aromatic heterocycles. The number of aromatic carboxylic acids is 1. The van der Waals surface area contributed by atoms with Crippen molar-refractivity contribution in [3.05, 3.63) is 45.6 Å². The van der Waals surface area contributed by atoms with Gasteiger partial charge in [-0.1, -0.05) is 19.1 Å². The summed E-state index contributed by atoms with van der Waals surface area (Å²) in [6.45, 7) is 3.55. The molecule has 0 aliphatic heterocycles. The lowest BCUT2D eigenvalue weighted by molar-refractivity contribution is 0.0698. The molecule has 112 valence electrons. The summed E-state index contributed by atoms with van der Waals surface area (Å²) in [4.78, 5) is 10.8. The van der Waals surface area contributed by atoms with Crippen LogP contribution in [-0.4, -0.2) is 19.5 Å². The zero-order chi connectivity index (χ0) is 15.6. The van der Waals surface area contributed by atoms with Gasteiger partial charge < -0.3 is 5.11 Å². The van der Waals surface area contributed by atoms with E-state index in [2.05, 4.69) is 4.72 Å². The second-order valence-corrected chi connectivity index (χ2v) is 7.04. The van der Waals surface area contributed by atoms with Gasteiger partial charge in [0.2, 0.25) is 0 Å². The predicted molar refractivity (Wildman–Crippen MR) is 82.6 cm³/mol. The Morgan fingerprint density at radius 3 is 2.71 bits per heavy atom. The van der Waals surface area contributed by atoms with Crippen LogP contribution in [0.3, 0.4) is 0 Å². The number of hydrogen-bond donors (Lipinski definition) is 2. The Hall–Kier alpha value is -1.86. The molecule has 2 N–H and O–H groups in total. The van der Waals surface area contributed by atoms with Crippen LogP contribution < -0.4 is 4.72 Å². The van der Waals surface area contributed by atoms with Crippen LogP contribution in [0.15, 0.2) is 34.5 Å². The second-order valence-electron chi connectivity index (χ2n) is 4.54. The van der Waals surface area contributed by atoms with Crippen molar-refractivity contribution >= 4 is 33.0 Å². The Morgan fingerprint density at radius 1 is 1.38 bits per heavy atom. The van der Waals surface area contributed by atoms with E-state index in [1.807, 2.05) is 13.0 Å². The summed E-state index contributed by atoms with van der Waals surface area (Å²) in [6, 6.07) is 7.03. The first-order valence-corrected chi connectivity index (χ1v) is 8.64. The highest BCUT2D eigenvalue weighted by molar-refractivity contribution is 7.93. The molecule has 2 rings (SSSR count). The van der Waals surface area contributed by atoms with Gasteiger partial charge in [-0.05, 0) is 42.0 Å². The first-order chi connectivity index (χ1) is 9.85. The summed E-state index contributed by atoms with van der Waals surface area (Å²) in [5.41, 5.74) is 1.85. The highest BCUT2D eigenvalue weighted by Gasteiger charge is 2.26. The molecule has 0 bridgehead atoms. The van der Waals surface area contributed by atoms with E-state index >= 15 is 0 Å². The summed E-state index contributed by atoms with van der Waals surface area (Å²) in [5.74, 6) is -1.24. The Bertz CT molecular complexity index is 778. The molecule has 21 heavy (non-hydrogen) atoms. The van der Waals surface area contributed by atoms with Gasteiger partial charge in [0, 0.05) is 5.69 Å². The van der Waals surface area contributed by atoms with E-state index in [0.717, 1.165) is 23.3 Å². The number of aryl methyl sites for hydroxylation is 2. The van der Waals surface area contributed by atoms with Crippen LogP contribution in [-0.2, 0) is 16.4 Å². The Labute approximate surface area is 127 Å². The zero-order valence-electron chi connectivity index (χ0n) is 11.6. The van der Waals surface area contributed by atoms with Gasteiger partial charge in [0.05, 0.1) is 0 Å². The third-order valence-corrected chi connectivity index (χ3v) is 5.75. The number of hydrogen-bond acceptors (Lipinski definition) is 4. The molecule has 7 heteroatoms. The minimum Gasteiger partial charge on any atom is -0.477 e. The molecule has 5 nitrogen and oxygen atoms in total. The summed E-state index contributed by atoms with van der Waals surface area (Å²) >= 11 is 0.911. The summed E-state index contributed by atoms with van der Waals surface area (Å²) in [6.07, 6.45) is 0.785. The summed E-state index contributed by atoms with van der Waals surface area (Å²) < 4.78 is 27.3. The monoisotopic (exact) mass is 325 g/mol. The second kappa shape index (κ2) is 5.87. The Kier molecular flexibility index (Phi) is 4.34. The number of sulfonamides is 1. The lowest BCUT2D eigenvalue weighted by atomic mass is 10.1. The maximum Gasteiger partial charge on any atom is 0.347 e. The molecule has 0 atom stereocenters. The van der Waals surface area contributed by atoms with Crippen LogP contribution in [0.1, 0.15) is 27.7 Å². The maximum atomic E-state index is 12.4. The SMILES string of the molecule is CCc1cccc(NS(=O)(=O)c2c(C)csc2C(=O)O)c1. The third kappa shape index (κ3) is 3.25. The number of carboxylic acids is 1. The molecule has 0 spiro atoms. The predicted octanol–water partition coefficient (Wildman–Crippen LogP) is 3.12. The maximum absolute atomic E-state index is 12.4. The van der Waals surface area contributed by atoms with Gasteiger partial charge in [-0.15, -0.1) is 11.3 Å². The van der Waals surface area contributed by atoms with Gasteiger partial charge in [-0.2, -0.15) is 0 Å². The van der Waals surface area contributed by atoms with Gasteiger partial charge in [0.25, 0.3) is 10.0 Å². The van der Waals surface area contributed by atoms with Crippen molar-refractivity contribution in [3.63, 3.8) is 0 Å². The highest BCUT2D eigenvalue weighted by Crippen LogP contribution is 2.28. The molecule has 0 radical (unpaired) electrons. The molecule has 0 saturated carbocycles. The van der Waals surface area contributed by atoms with Crippen molar-refractivity contribution < 1.29 is 18.3 Å². The lowest BCUT2D eigenvalue weighted by Gasteiger charge is -2.10. The van der Waals surface area contributed by atoms with Gasteiger partial charge in [-0.25, -0.2) is 13.2 Å². The van der Waals surface area contributed by atoms with Crippen LogP contribution >= 0.6 is 11.3 Å². The number of benzene rings is 1. The number of rotatable bonds is 5. The first kappa shape index (κ1) is 15.5. The first-order valence-electron chi connectivity index (χ1n) is 6.28. The average Bonchev–Trinajstić information content (AvgIpc) is 2.81. The van der Waals surface area contributed by atoms with Crippen molar-refractivity contribution in [1.82, 2.24) is 0 Å². The molecule has 0 aliphatic rings. The molecule has 1 aromatic carbocycles. The molecule has 0 fully saturated rings. The van der Waals surface area contributed by atoms with E-state index in [4.69, 9.17) is 5.11 Å². The Morgan fingerprint density at radius 2 is 2.10 bits per heavy atom. The van der Waals surface area contributed by atoms with Crippen molar-refractivity contribution in [2.45, 2.75) is 25.2 Å². The van der Waals surface area contributed by atoms with Crippen LogP contribution in [0.5, 0.6) is 0 Å². The molecule has 0 unspecified atom stereocenters. The van der Waals surface area contributed by atoms with E-state index < -0.39 is 16.0 Å². The quantitative estimate of drug-likeness (QED) is 0.884. The Balaban J connectivity index is 2.43. The van der Waals surface area contributed by atoms with Gasteiger partial charge in [0.1, 0.15) is 9.77 Å². The number of thiophene rings is 1. The molecule has 1 heterocycles. The van der Waals surface area contributed by atoms with Gasteiger partial charge in [0.15, 0.2) is 0 Å². The number of carbonyl (C=O) groups is 1. The molecule has 0 aliphatic carbocycles. The standard InChI is InChI=1S/C14H15NO4S2/c1-3-10-5-4-6-11(7-10)15-21(18,19)13-9(2)8-20-12(13)14(16)17/h4-8,15H,3H2,1-2H3,(H,16,17). The number of nitrogens with one attached hydrogen (secondary N) is 1. The smallest absolute Gasteiger partial charge is 0.347 e. The van der Waals surface area contributed by atoms with E-state index in [9.17, 15) is 13.2 Å². The number of anilines is 1. The van der Waals surface area contributed by atoms with E-state index in [0.29, 0.717) is 11.3 Å². The molecular weight excluding hydrogens is 310 g/mol. The topological polar surface area (TPSA) is 83.5 Å². The fraction of sp³-hybridized carbons (Fsp3) is 0.214. The van der Waals surface area contributed by atoms with Gasteiger partial charge >= 0.3 is 5.97 Å². The zero-order valence-corrected chi connectivity index (χ0v) is 13.2. The van der Waals surface area contributed by atoms with Crippen molar-refractivity contribution in [2.24, 2.45) is 0 Å². The summed E-state index contributed by atoms with van der Waals surface area (Å²) in [7, 11) is -3.92. The van der Waals surface area contributed by atoms with E-state index in [1.165, 1.54) is 5.38 Å². The molecule has 0 amide bonds. The fourth-order valence-corrected chi connectivity index (χ4v) is 4.66. The van der Waals surface area contributed by atoms with Crippen molar-refractivity contribution in [3.8, 4) is 0 Å². The van der Waals surface area contributed by atoms with Crippen LogP contribution in [0.2, 0.25) is 0 Å². The molecule has 0 saturated heterocycles. The minimum absolute atomic E-state index is 0.165. The molecular formula is C14H15NO4S2. The normalized spacial score (nSPS) is 11.3. The summed E-state index contributed by atoms with van der Waals surface area (Å²) in [5, 5.41) is 10.6. The lowest BCUT2D eigenvalue weighted by Crippen LogP contribution is -2.16. The van der Waals surface area contributed by atoms with Crippen molar-refractivity contribution in [1.29, 1.82) is 0 Å². The number of carboxylic acid groups (broad SMARTS) is 1. The largest absolute Gasteiger partial charge is 0.477 e. The van der Waals surface area contributed by atoms with Crippen LogP contribution in [0.4, 0.5) is 5.69 Å². The van der Waals surface area contributed by atoms with E-state index in [1.54, 1.807) is 25.1 Å². The third-order valence-electron chi connectivity index (χ3n) is 2.97. The van der Waals surface area contributed by atoms with Crippen LogP contribution in [0.25, 0.3) is 0 Å². The molecule has 2 aromatic rings. The fourth-order valence-electron chi connectivity index (χ4n) is 1.98. The van der Waals surface area contributed by atoms with E-state index in [-0.39, 0.29) is 9.77 Å². The highest BCUT2D eigenvalue weighted by atomic mass is 32.2. The average molecular weight is 325 g/mol.